The molecule has 0 aromatic heterocycles. The first-order chi connectivity index (χ1) is 7.47. The van der Waals surface area contributed by atoms with Crippen molar-refractivity contribution in [1.29, 1.82) is 0 Å². The molecule has 0 aliphatic heterocycles. The van der Waals surface area contributed by atoms with Gasteiger partial charge in [0.1, 0.15) is 0 Å². The summed E-state index contributed by atoms with van der Waals surface area (Å²) in [4.78, 5) is 21.7. The van der Waals surface area contributed by atoms with Crippen LogP contribution in [0.15, 0.2) is 30.3 Å². The van der Waals surface area contributed by atoms with Gasteiger partial charge in [0, 0.05) is 6.42 Å². The van der Waals surface area contributed by atoms with Gasteiger partial charge in [-0.15, -0.1) is 0 Å². The smallest absolute Gasteiger partial charge is 0.313 e. The van der Waals surface area contributed by atoms with Crippen LogP contribution in [0.1, 0.15) is 25.3 Å². The van der Waals surface area contributed by atoms with Gasteiger partial charge in [0.05, 0.1) is 5.41 Å². The van der Waals surface area contributed by atoms with Crippen LogP contribution in [0, 0.1) is 0 Å². The highest BCUT2D eigenvalue weighted by molar-refractivity contribution is 5.81. The van der Waals surface area contributed by atoms with Crippen LogP contribution in [0.2, 0.25) is 0 Å². The molecule has 4 heteroatoms. The second kappa shape index (κ2) is 4.79. The number of carbonyl (C=O) groups is 2. The van der Waals surface area contributed by atoms with Crippen LogP contribution in [0.4, 0.5) is 0 Å². The molecule has 0 fully saturated rings. The summed E-state index contributed by atoms with van der Waals surface area (Å²) in [6.45, 7) is 1.55. The minimum atomic E-state index is -1.14. The van der Waals surface area contributed by atoms with Gasteiger partial charge in [0.2, 0.25) is 0 Å². The summed E-state index contributed by atoms with van der Waals surface area (Å²) in [6, 6.07) is 8.70. The van der Waals surface area contributed by atoms with E-state index in [1.165, 1.54) is 0 Å². The topological polar surface area (TPSA) is 74.6 Å². The van der Waals surface area contributed by atoms with Gasteiger partial charge in [-0.2, -0.15) is 0 Å². The van der Waals surface area contributed by atoms with Gasteiger partial charge >= 0.3 is 11.9 Å². The maximum atomic E-state index is 11.2. The van der Waals surface area contributed by atoms with E-state index in [1.807, 2.05) is 0 Å². The molecule has 0 saturated carbocycles. The highest BCUT2D eigenvalue weighted by atomic mass is 16.4. The van der Waals surface area contributed by atoms with Crippen molar-refractivity contribution in [3.63, 3.8) is 0 Å². The molecule has 0 spiro atoms. The third kappa shape index (κ3) is 2.59. The summed E-state index contributed by atoms with van der Waals surface area (Å²) in [5.74, 6) is -1.98. The molecule has 0 aliphatic rings. The first-order valence-corrected chi connectivity index (χ1v) is 4.97. The molecule has 1 atom stereocenters. The van der Waals surface area contributed by atoms with E-state index < -0.39 is 17.4 Å². The van der Waals surface area contributed by atoms with Crippen LogP contribution in [0.5, 0.6) is 0 Å². The molecular formula is C12H14O4. The fraction of sp³-hybridized carbons (Fsp3) is 0.333. The Kier molecular flexibility index (Phi) is 3.66. The fourth-order valence-corrected chi connectivity index (χ4v) is 1.54. The predicted octanol–water partition coefficient (Wildman–Crippen LogP) is 1.89. The van der Waals surface area contributed by atoms with Crippen LogP contribution in [0.3, 0.4) is 0 Å². The van der Waals surface area contributed by atoms with Crippen molar-refractivity contribution in [3.05, 3.63) is 35.9 Å². The minimum Gasteiger partial charge on any atom is -0.481 e. The van der Waals surface area contributed by atoms with Gasteiger partial charge in [0.25, 0.3) is 0 Å². The van der Waals surface area contributed by atoms with Crippen LogP contribution in [-0.4, -0.2) is 22.2 Å². The molecule has 4 nitrogen and oxygen atoms in total. The van der Waals surface area contributed by atoms with E-state index in [-0.39, 0.29) is 12.8 Å². The molecule has 1 unspecified atom stereocenters. The second-order valence-corrected chi connectivity index (χ2v) is 3.90. The van der Waals surface area contributed by atoms with Gasteiger partial charge in [-0.25, -0.2) is 0 Å². The lowest BCUT2D eigenvalue weighted by molar-refractivity contribution is -0.144. The predicted molar refractivity (Wildman–Crippen MR) is 58.3 cm³/mol. The van der Waals surface area contributed by atoms with Crippen molar-refractivity contribution in [2.45, 2.75) is 25.2 Å². The van der Waals surface area contributed by atoms with Crippen LogP contribution in [-0.2, 0) is 15.0 Å². The summed E-state index contributed by atoms with van der Waals surface area (Å²) in [6.07, 6.45) is -0.0701. The van der Waals surface area contributed by atoms with Crippen molar-refractivity contribution in [1.82, 2.24) is 0 Å². The Hall–Kier alpha value is -1.84. The van der Waals surface area contributed by atoms with Crippen molar-refractivity contribution >= 4 is 11.9 Å². The molecule has 0 aliphatic carbocycles. The van der Waals surface area contributed by atoms with Gasteiger partial charge in [0.15, 0.2) is 0 Å². The van der Waals surface area contributed by atoms with Crippen LogP contribution in [0.25, 0.3) is 0 Å². The number of hydrogen-bond donors (Lipinski definition) is 2. The van der Waals surface area contributed by atoms with Crippen LogP contribution < -0.4 is 0 Å². The summed E-state index contributed by atoms with van der Waals surface area (Å²) >= 11 is 0. The molecule has 2 N–H and O–H groups in total. The zero-order valence-electron chi connectivity index (χ0n) is 9.01. The van der Waals surface area contributed by atoms with Gasteiger partial charge < -0.3 is 10.2 Å². The SMILES string of the molecule is CC(CCC(=O)O)(C(=O)O)c1ccccc1. The number of carboxylic acids is 2. The molecule has 0 amide bonds. The highest BCUT2D eigenvalue weighted by Gasteiger charge is 2.35. The van der Waals surface area contributed by atoms with Crippen molar-refractivity contribution in [2.24, 2.45) is 0 Å². The molecule has 0 radical (unpaired) electrons. The molecule has 0 heterocycles. The third-order valence-corrected chi connectivity index (χ3v) is 2.72. The minimum absolute atomic E-state index is 0.0850. The highest BCUT2D eigenvalue weighted by Crippen LogP contribution is 2.29. The van der Waals surface area contributed by atoms with Crippen molar-refractivity contribution in [2.75, 3.05) is 0 Å². The van der Waals surface area contributed by atoms with E-state index in [0.717, 1.165) is 0 Å². The van der Waals surface area contributed by atoms with Gasteiger partial charge in [-0.05, 0) is 18.9 Å². The summed E-state index contributed by atoms with van der Waals surface area (Å²) < 4.78 is 0. The first kappa shape index (κ1) is 12.2. The van der Waals surface area contributed by atoms with E-state index in [1.54, 1.807) is 37.3 Å². The molecule has 1 rings (SSSR count). The lowest BCUT2D eigenvalue weighted by Crippen LogP contribution is -2.33. The lowest BCUT2D eigenvalue weighted by atomic mass is 9.78. The largest absolute Gasteiger partial charge is 0.481 e. The zero-order chi connectivity index (χ0) is 12.2. The summed E-state index contributed by atoms with van der Waals surface area (Å²) in [5, 5.41) is 17.8. The average Bonchev–Trinajstić information content (AvgIpc) is 2.26. The Bertz CT molecular complexity index is 385. The molecular weight excluding hydrogens is 208 g/mol. The monoisotopic (exact) mass is 222 g/mol. The summed E-state index contributed by atoms with van der Waals surface area (Å²) in [5.41, 5.74) is -0.511. The Morgan fingerprint density at radius 2 is 1.75 bits per heavy atom. The van der Waals surface area contributed by atoms with Gasteiger partial charge in [-0.1, -0.05) is 30.3 Å². The molecule has 1 aromatic carbocycles. The van der Waals surface area contributed by atoms with E-state index >= 15 is 0 Å². The Morgan fingerprint density at radius 3 is 2.19 bits per heavy atom. The first-order valence-electron chi connectivity index (χ1n) is 4.97. The normalized spacial score (nSPS) is 14.1. The molecule has 86 valence electrons. The zero-order valence-corrected chi connectivity index (χ0v) is 9.01. The third-order valence-electron chi connectivity index (χ3n) is 2.72. The molecule has 0 bridgehead atoms. The molecule has 1 aromatic rings. The van der Waals surface area contributed by atoms with Crippen molar-refractivity contribution < 1.29 is 19.8 Å². The Labute approximate surface area is 93.5 Å². The van der Waals surface area contributed by atoms with Crippen molar-refractivity contribution in [3.8, 4) is 0 Å². The van der Waals surface area contributed by atoms with E-state index in [9.17, 15) is 14.7 Å². The standard InChI is InChI=1S/C12H14O4/c1-12(11(15)16,8-7-10(13)14)9-5-3-2-4-6-9/h2-6H,7-8H2,1H3,(H,13,14)(H,15,16). The van der Waals surface area contributed by atoms with E-state index in [4.69, 9.17) is 5.11 Å². The quantitative estimate of drug-likeness (QED) is 0.797. The molecule has 0 saturated heterocycles. The van der Waals surface area contributed by atoms with E-state index in [2.05, 4.69) is 0 Å². The second-order valence-electron chi connectivity index (χ2n) is 3.90. The number of carboxylic acid groups (broad SMARTS) is 2. The number of hydrogen-bond acceptors (Lipinski definition) is 2. The lowest BCUT2D eigenvalue weighted by Gasteiger charge is -2.24. The fourth-order valence-electron chi connectivity index (χ4n) is 1.54. The average molecular weight is 222 g/mol. The Morgan fingerprint density at radius 1 is 1.19 bits per heavy atom. The summed E-state index contributed by atoms with van der Waals surface area (Å²) in [7, 11) is 0. The number of benzene rings is 1. The number of rotatable bonds is 5. The van der Waals surface area contributed by atoms with Crippen LogP contribution >= 0.6 is 0 Å². The number of aliphatic carboxylic acids is 2. The Balaban J connectivity index is 2.98. The molecule has 16 heavy (non-hydrogen) atoms. The van der Waals surface area contributed by atoms with Gasteiger partial charge in [-0.3, -0.25) is 9.59 Å². The van der Waals surface area contributed by atoms with E-state index in [0.29, 0.717) is 5.56 Å². The maximum Gasteiger partial charge on any atom is 0.313 e. The maximum absolute atomic E-state index is 11.2.